The van der Waals surface area contributed by atoms with Crippen molar-refractivity contribution in [2.24, 2.45) is 5.92 Å². The van der Waals surface area contributed by atoms with Crippen molar-refractivity contribution < 1.29 is 28.6 Å². The highest BCUT2D eigenvalue weighted by molar-refractivity contribution is 6.01. The van der Waals surface area contributed by atoms with Gasteiger partial charge in [0.05, 0.1) is 20.1 Å². The summed E-state index contributed by atoms with van der Waals surface area (Å²) in [5, 5.41) is 0. The first-order valence-corrected chi connectivity index (χ1v) is 8.80. The van der Waals surface area contributed by atoms with Gasteiger partial charge in [-0.05, 0) is 36.4 Å². The van der Waals surface area contributed by atoms with Crippen LogP contribution in [0.4, 0.5) is 5.69 Å². The van der Waals surface area contributed by atoms with Gasteiger partial charge >= 0.3 is 5.97 Å². The summed E-state index contributed by atoms with van der Waals surface area (Å²) in [6.07, 6.45) is 0.0484. The quantitative estimate of drug-likeness (QED) is 0.540. The molecule has 0 N–H and O–H groups in total. The number of hydrogen-bond donors (Lipinski definition) is 0. The zero-order valence-corrected chi connectivity index (χ0v) is 15.7. The van der Waals surface area contributed by atoms with Crippen molar-refractivity contribution in [1.82, 2.24) is 0 Å². The SMILES string of the molecule is COc1ccc(C(=O)COC(=O)[C@H]2CC(=O)N(c3cccc(OC)c3)C2)cc1. The number of nitrogens with zero attached hydrogens (tertiary/aromatic N) is 1. The number of Topliss-reactive ketones (excluding diaryl/α,β-unsaturated/α-hetero) is 1. The van der Waals surface area contributed by atoms with E-state index in [1.807, 2.05) is 0 Å². The normalized spacial score (nSPS) is 16.0. The first kappa shape index (κ1) is 19.4. The predicted octanol–water partition coefficient (Wildman–Crippen LogP) is 2.48. The first-order chi connectivity index (χ1) is 13.5. The molecule has 0 radical (unpaired) electrons. The number of rotatable bonds is 7. The van der Waals surface area contributed by atoms with E-state index in [0.29, 0.717) is 22.7 Å². The van der Waals surface area contributed by atoms with E-state index in [1.165, 1.54) is 12.0 Å². The van der Waals surface area contributed by atoms with Gasteiger partial charge < -0.3 is 19.1 Å². The van der Waals surface area contributed by atoms with Gasteiger partial charge in [0.25, 0.3) is 0 Å². The van der Waals surface area contributed by atoms with Crippen LogP contribution in [0.2, 0.25) is 0 Å². The summed E-state index contributed by atoms with van der Waals surface area (Å²) in [6, 6.07) is 13.6. The van der Waals surface area contributed by atoms with Gasteiger partial charge in [-0.1, -0.05) is 6.07 Å². The topological polar surface area (TPSA) is 82.1 Å². The Morgan fingerprint density at radius 3 is 2.43 bits per heavy atom. The molecule has 28 heavy (non-hydrogen) atoms. The van der Waals surface area contributed by atoms with E-state index in [4.69, 9.17) is 14.2 Å². The van der Waals surface area contributed by atoms with Crippen molar-refractivity contribution in [3.05, 3.63) is 54.1 Å². The number of ketones is 1. The molecule has 1 aliphatic rings. The number of anilines is 1. The van der Waals surface area contributed by atoms with Crippen LogP contribution in [0.1, 0.15) is 16.8 Å². The van der Waals surface area contributed by atoms with Crippen LogP contribution in [0.15, 0.2) is 48.5 Å². The molecule has 1 saturated heterocycles. The first-order valence-electron chi connectivity index (χ1n) is 8.80. The molecule has 1 heterocycles. The predicted molar refractivity (Wildman–Crippen MR) is 102 cm³/mol. The third kappa shape index (κ3) is 4.31. The minimum absolute atomic E-state index is 0.0484. The highest BCUT2D eigenvalue weighted by Crippen LogP contribution is 2.28. The maximum atomic E-state index is 12.3. The van der Waals surface area contributed by atoms with Crippen molar-refractivity contribution in [1.29, 1.82) is 0 Å². The Balaban J connectivity index is 1.57. The fourth-order valence-corrected chi connectivity index (χ4v) is 3.01. The van der Waals surface area contributed by atoms with Gasteiger partial charge in [0, 0.05) is 30.3 Å². The molecular formula is C21H21NO6. The van der Waals surface area contributed by atoms with E-state index in [9.17, 15) is 14.4 Å². The van der Waals surface area contributed by atoms with Crippen molar-refractivity contribution in [3.8, 4) is 11.5 Å². The number of carbonyl (C=O) groups excluding carboxylic acids is 3. The van der Waals surface area contributed by atoms with Crippen LogP contribution in [-0.4, -0.2) is 45.0 Å². The van der Waals surface area contributed by atoms with Gasteiger partial charge in [-0.25, -0.2) is 0 Å². The molecule has 0 saturated carbocycles. The monoisotopic (exact) mass is 383 g/mol. The number of benzene rings is 2. The van der Waals surface area contributed by atoms with Crippen molar-refractivity contribution in [2.45, 2.75) is 6.42 Å². The summed E-state index contributed by atoms with van der Waals surface area (Å²) in [4.78, 5) is 38.3. The smallest absolute Gasteiger partial charge is 0.311 e. The lowest BCUT2D eigenvalue weighted by Crippen LogP contribution is -2.27. The summed E-state index contributed by atoms with van der Waals surface area (Å²) in [6.45, 7) is -0.156. The Morgan fingerprint density at radius 2 is 1.75 bits per heavy atom. The van der Waals surface area contributed by atoms with E-state index in [2.05, 4.69) is 0 Å². The molecule has 0 bridgehead atoms. The molecule has 146 valence electrons. The summed E-state index contributed by atoms with van der Waals surface area (Å²) in [5.41, 5.74) is 1.09. The second-order valence-corrected chi connectivity index (χ2v) is 6.37. The summed E-state index contributed by atoms with van der Waals surface area (Å²) in [5.74, 6) is -0.387. The number of methoxy groups -OCH3 is 2. The molecule has 7 nitrogen and oxygen atoms in total. The van der Waals surface area contributed by atoms with E-state index in [0.717, 1.165) is 0 Å². The molecule has 1 amide bonds. The highest BCUT2D eigenvalue weighted by atomic mass is 16.5. The van der Waals surface area contributed by atoms with Crippen LogP contribution in [0.5, 0.6) is 11.5 Å². The van der Waals surface area contributed by atoms with Gasteiger partial charge in [-0.2, -0.15) is 0 Å². The van der Waals surface area contributed by atoms with Gasteiger partial charge in [0.2, 0.25) is 5.91 Å². The molecule has 1 aliphatic heterocycles. The standard InChI is InChI=1S/C21H21NO6/c1-26-17-8-6-14(7-9-17)19(23)13-28-21(25)15-10-20(24)22(12-15)16-4-3-5-18(11-16)27-2/h3-9,11,15H,10,12-13H2,1-2H3/t15-/m0/s1. The van der Waals surface area contributed by atoms with E-state index in [-0.39, 0.29) is 31.3 Å². The highest BCUT2D eigenvalue weighted by Gasteiger charge is 2.36. The zero-order valence-electron chi connectivity index (χ0n) is 15.7. The van der Waals surface area contributed by atoms with Crippen LogP contribution >= 0.6 is 0 Å². The van der Waals surface area contributed by atoms with Crippen LogP contribution in [0.3, 0.4) is 0 Å². The largest absolute Gasteiger partial charge is 0.497 e. The van der Waals surface area contributed by atoms with Crippen molar-refractivity contribution >= 4 is 23.3 Å². The summed E-state index contributed by atoms with van der Waals surface area (Å²) >= 11 is 0. The van der Waals surface area contributed by atoms with Gasteiger partial charge in [0.1, 0.15) is 11.5 Å². The average molecular weight is 383 g/mol. The van der Waals surface area contributed by atoms with Crippen LogP contribution in [0.25, 0.3) is 0 Å². The second-order valence-electron chi connectivity index (χ2n) is 6.37. The number of esters is 1. The molecule has 0 aliphatic carbocycles. The van der Waals surface area contributed by atoms with Crippen LogP contribution in [0, 0.1) is 5.92 Å². The van der Waals surface area contributed by atoms with Gasteiger partial charge in [-0.3, -0.25) is 14.4 Å². The molecule has 7 heteroatoms. The Labute approximate surface area is 162 Å². The molecule has 3 rings (SSSR count). The lowest BCUT2D eigenvalue weighted by atomic mass is 10.1. The summed E-state index contributed by atoms with van der Waals surface area (Å²) < 4.78 is 15.4. The molecule has 0 aromatic heterocycles. The lowest BCUT2D eigenvalue weighted by molar-refractivity contribution is -0.147. The fourth-order valence-electron chi connectivity index (χ4n) is 3.01. The molecule has 1 fully saturated rings. The molecule has 2 aromatic rings. The molecule has 1 atom stereocenters. The van der Waals surface area contributed by atoms with Crippen LogP contribution < -0.4 is 14.4 Å². The third-order valence-electron chi connectivity index (χ3n) is 4.58. The average Bonchev–Trinajstić information content (AvgIpc) is 3.13. The number of hydrogen-bond acceptors (Lipinski definition) is 6. The maximum Gasteiger partial charge on any atom is 0.311 e. The van der Waals surface area contributed by atoms with E-state index < -0.39 is 11.9 Å². The Hall–Kier alpha value is -3.35. The zero-order chi connectivity index (χ0) is 20.1. The fraction of sp³-hybridized carbons (Fsp3) is 0.286. The lowest BCUT2D eigenvalue weighted by Gasteiger charge is -2.17. The van der Waals surface area contributed by atoms with E-state index >= 15 is 0 Å². The molecular weight excluding hydrogens is 362 g/mol. The Bertz CT molecular complexity index is 877. The van der Waals surface area contributed by atoms with Crippen molar-refractivity contribution in [3.63, 3.8) is 0 Å². The summed E-state index contributed by atoms with van der Waals surface area (Å²) in [7, 11) is 3.08. The maximum absolute atomic E-state index is 12.3. The Morgan fingerprint density at radius 1 is 1.04 bits per heavy atom. The second kappa shape index (κ2) is 8.56. The molecule has 0 unspecified atom stereocenters. The van der Waals surface area contributed by atoms with Gasteiger partial charge in [0.15, 0.2) is 12.4 Å². The van der Waals surface area contributed by atoms with Crippen LogP contribution in [-0.2, 0) is 14.3 Å². The molecule has 0 spiro atoms. The minimum Gasteiger partial charge on any atom is -0.497 e. The third-order valence-corrected chi connectivity index (χ3v) is 4.58. The van der Waals surface area contributed by atoms with Gasteiger partial charge in [-0.15, -0.1) is 0 Å². The molecule has 2 aromatic carbocycles. The minimum atomic E-state index is -0.609. The van der Waals surface area contributed by atoms with Crippen molar-refractivity contribution in [2.75, 3.05) is 32.3 Å². The number of amides is 1. The Kier molecular flexibility index (Phi) is 5.93. The number of ether oxygens (including phenoxy) is 3. The number of carbonyl (C=O) groups is 3. The van der Waals surface area contributed by atoms with E-state index in [1.54, 1.807) is 55.6 Å².